The van der Waals surface area contributed by atoms with Crippen molar-refractivity contribution in [3.05, 3.63) is 66.2 Å². The summed E-state index contributed by atoms with van der Waals surface area (Å²) >= 11 is 0. The number of hydrogen-bond donors (Lipinski definition) is 0. The molecule has 0 aliphatic carbocycles. The van der Waals surface area contributed by atoms with Crippen LogP contribution in [0.3, 0.4) is 0 Å². The summed E-state index contributed by atoms with van der Waals surface area (Å²) in [5, 5.41) is 2.14. The monoisotopic (exact) mass is 337 g/mol. The van der Waals surface area contributed by atoms with Crippen molar-refractivity contribution >= 4 is 5.69 Å². The summed E-state index contributed by atoms with van der Waals surface area (Å²) in [4.78, 5) is 6.38. The molecule has 0 unspecified atom stereocenters. The largest absolute Gasteiger partial charge is 0.269 e. The topological polar surface area (TPSA) is 12.5 Å². The lowest BCUT2D eigenvalue weighted by Gasteiger charge is -2.25. The molecule has 25 heavy (non-hydrogen) atoms. The SMILES string of the molecule is CCCCCCCC[C@H]1C[C@H](c2ccccc2)N(c2ccccc2)O1. The molecule has 2 atom stereocenters. The van der Waals surface area contributed by atoms with Crippen LogP contribution >= 0.6 is 0 Å². The van der Waals surface area contributed by atoms with Crippen molar-refractivity contribution in [3.63, 3.8) is 0 Å². The van der Waals surface area contributed by atoms with Crippen LogP contribution in [0.2, 0.25) is 0 Å². The average Bonchev–Trinajstić information content (AvgIpc) is 3.10. The molecule has 134 valence electrons. The van der Waals surface area contributed by atoms with E-state index in [4.69, 9.17) is 4.84 Å². The normalized spacial score (nSPS) is 20.1. The first-order valence-electron chi connectivity index (χ1n) is 9.94. The lowest BCUT2D eigenvalue weighted by atomic mass is 9.98. The maximum Gasteiger partial charge on any atom is 0.0880 e. The van der Waals surface area contributed by atoms with Crippen molar-refractivity contribution in [2.75, 3.05) is 5.06 Å². The molecule has 1 aliphatic rings. The predicted molar refractivity (Wildman–Crippen MR) is 106 cm³/mol. The summed E-state index contributed by atoms with van der Waals surface area (Å²) in [6.45, 7) is 2.27. The molecule has 0 N–H and O–H groups in total. The van der Waals surface area contributed by atoms with Gasteiger partial charge in [-0.1, -0.05) is 94.0 Å². The van der Waals surface area contributed by atoms with E-state index in [0.29, 0.717) is 12.1 Å². The van der Waals surface area contributed by atoms with Crippen LogP contribution in [0.5, 0.6) is 0 Å². The number of unbranched alkanes of at least 4 members (excludes halogenated alkanes) is 5. The fourth-order valence-electron chi connectivity index (χ4n) is 3.71. The highest BCUT2D eigenvalue weighted by Gasteiger charge is 2.34. The highest BCUT2D eigenvalue weighted by atomic mass is 16.7. The van der Waals surface area contributed by atoms with Crippen molar-refractivity contribution in [2.24, 2.45) is 0 Å². The molecule has 0 spiro atoms. The van der Waals surface area contributed by atoms with Gasteiger partial charge in [-0.2, -0.15) is 0 Å². The molecule has 0 bridgehead atoms. The Bertz CT molecular complexity index is 551. The quantitative estimate of drug-likeness (QED) is 0.473. The minimum absolute atomic E-state index is 0.314. The Hall–Kier alpha value is -1.80. The standard InChI is InChI=1S/C23H31NO/c1-2-3-4-5-6-13-18-22-19-23(20-14-9-7-10-15-20)24(25-22)21-16-11-8-12-17-21/h7-12,14-17,22-23H,2-6,13,18-19H2,1H3/t22-,23+/m0/s1. The Balaban J connectivity index is 1.60. The Morgan fingerprint density at radius 1 is 0.840 bits per heavy atom. The summed E-state index contributed by atoms with van der Waals surface area (Å²) in [7, 11) is 0. The molecular formula is C23H31NO. The fourth-order valence-corrected chi connectivity index (χ4v) is 3.71. The van der Waals surface area contributed by atoms with Crippen molar-refractivity contribution in [3.8, 4) is 0 Å². The van der Waals surface area contributed by atoms with E-state index in [0.717, 1.165) is 12.1 Å². The third-order valence-corrected chi connectivity index (χ3v) is 5.11. The van der Waals surface area contributed by atoms with Gasteiger partial charge in [-0.3, -0.25) is 4.84 Å². The van der Waals surface area contributed by atoms with Gasteiger partial charge in [-0.15, -0.1) is 0 Å². The van der Waals surface area contributed by atoms with Crippen LogP contribution in [0, 0.1) is 0 Å². The molecule has 1 aliphatic heterocycles. The van der Waals surface area contributed by atoms with Gasteiger partial charge in [0.25, 0.3) is 0 Å². The molecule has 1 saturated heterocycles. The van der Waals surface area contributed by atoms with Crippen molar-refractivity contribution < 1.29 is 4.84 Å². The first kappa shape index (κ1) is 18.0. The van der Waals surface area contributed by atoms with Gasteiger partial charge in [0.1, 0.15) is 0 Å². The zero-order valence-electron chi connectivity index (χ0n) is 15.4. The Morgan fingerprint density at radius 3 is 2.20 bits per heavy atom. The second kappa shape index (κ2) is 9.62. The van der Waals surface area contributed by atoms with E-state index in [2.05, 4.69) is 72.7 Å². The van der Waals surface area contributed by atoms with E-state index in [9.17, 15) is 0 Å². The summed E-state index contributed by atoms with van der Waals surface area (Å²) in [6.07, 6.45) is 10.6. The molecule has 3 rings (SSSR count). The number of hydroxylamine groups is 1. The van der Waals surface area contributed by atoms with Crippen molar-refractivity contribution in [2.45, 2.75) is 70.4 Å². The Morgan fingerprint density at radius 2 is 1.48 bits per heavy atom. The fraction of sp³-hybridized carbons (Fsp3) is 0.478. The molecule has 0 amide bonds. The smallest absolute Gasteiger partial charge is 0.0880 e. The number of nitrogens with zero attached hydrogens (tertiary/aromatic N) is 1. The Labute approximate surface area is 152 Å². The first-order chi connectivity index (χ1) is 12.4. The molecule has 2 aromatic carbocycles. The Kier molecular flexibility index (Phi) is 6.93. The molecule has 0 aromatic heterocycles. The third-order valence-electron chi connectivity index (χ3n) is 5.11. The maximum absolute atomic E-state index is 6.38. The van der Waals surface area contributed by atoms with Gasteiger partial charge in [-0.25, -0.2) is 5.06 Å². The molecule has 1 fully saturated rings. The van der Waals surface area contributed by atoms with E-state index in [-0.39, 0.29) is 0 Å². The van der Waals surface area contributed by atoms with Crippen LogP contribution in [0.1, 0.15) is 69.9 Å². The lowest BCUT2D eigenvalue weighted by Crippen LogP contribution is -2.21. The number of benzene rings is 2. The third kappa shape index (κ3) is 5.09. The molecule has 1 heterocycles. The van der Waals surface area contributed by atoms with Crippen molar-refractivity contribution in [1.82, 2.24) is 0 Å². The van der Waals surface area contributed by atoms with E-state index in [1.54, 1.807) is 0 Å². The zero-order valence-corrected chi connectivity index (χ0v) is 15.4. The van der Waals surface area contributed by atoms with Crippen LogP contribution in [0.4, 0.5) is 5.69 Å². The minimum Gasteiger partial charge on any atom is -0.269 e. The summed E-state index contributed by atoms with van der Waals surface area (Å²) in [5.41, 5.74) is 2.50. The van der Waals surface area contributed by atoms with Gasteiger partial charge in [0.05, 0.1) is 17.8 Å². The van der Waals surface area contributed by atoms with E-state index in [1.165, 1.54) is 50.5 Å². The maximum atomic E-state index is 6.38. The second-order valence-electron chi connectivity index (χ2n) is 7.11. The van der Waals surface area contributed by atoms with Crippen LogP contribution < -0.4 is 5.06 Å². The van der Waals surface area contributed by atoms with Gasteiger partial charge in [-0.05, 0) is 24.1 Å². The number of anilines is 1. The van der Waals surface area contributed by atoms with Gasteiger partial charge < -0.3 is 0 Å². The van der Waals surface area contributed by atoms with E-state index < -0.39 is 0 Å². The molecule has 2 nitrogen and oxygen atoms in total. The van der Waals surface area contributed by atoms with E-state index in [1.807, 2.05) is 0 Å². The molecule has 0 saturated carbocycles. The number of para-hydroxylation sites is 1. The summed E-state index contributed by atoms with van der Waals surface area (Å²) in [6, 6.07) is 21.6. The predicted octanol–water partition coefficient (Wildman–Crippen LogP) is 6.69. The van der Waals surface area contributed by atoms with Crippen LogP contribution in [0.25, 0.3) is 0 Å². The molecule has 0 radical (unpaired) electrons. The van der Waals surface area contributed by atoms with Gasteiger partial charge in [0, 0.05) is 6.42 Å². The number of hydrogen-bond acceptors (Lipinski definition) is 2. The van der Waals surface area contributed by atoms with Crippen LogP contribution in [-0.4, -0.2) is 6.10 Å². The zero-order chi connectivity index (χ0) is 17.3. The molecule has 2 heteroatoms. The average molecular weight is 338 g/mol. The van der Waals surface area contributed by atoms with Crippen molar-refractivity contribution in [1.29, 1.82) is 0 Å². The number of rotatable bonds is 9. The van der Waals surface area contributed by atoms with E-state index >= 15 is 0 Å². The second-order valence-corrected chi connectivity index (χ2v) is 7.11. The van der Waals surface area contributed by atoms with Gasteiger partial charge in [0.15, 0.2) is 0 Å². The van der Waals surface area contributed by atoms with Crippen LogP contribution in [-0.2, 0) is 4.84 Å². The molecular weight excluding hydrogens is 306 g/mol. The first-order valence-corrected chi connectivity index (χ1v) is 9.94. The highest BCUT2D eigenvalue weighted by Crippen LogP contribution is 2.39. The summed E-state index contributed by atoms with van der Waals surface area (Å²) in [5.74, 6) is 0. The van der Waals surface area contributed by atoms with Gasteiger partial charge >= 0.3 is 0 Å². The lowest BCUT2D eigenvalue weighted by molar-refractivity contribution is 0.0758. The minimum atomic E-state index is 0.314. The highest BCUT2D eigenvalue weighted by molar-refractivity contribution is 5.47. The van der Waals surface area contributed by atoms with Gasteiger partial charge in [0.2, 0.25) is 0 Å². The molecule has 2 aromatic rings. The van der Waals surface area contributed by atoms with Crippen LogP contribution in [0.15, 0.2) is 60.7 Å². The summed E-state index contributed by atoms with van der Waals surface area (Å²) < 4.78 is 0.